The van der Waals surface area contributed by atoms with Crippen LogP contribution in [0, 0.1) is 11.3 Å². The zero-order valence-electron chi connectivity index (χ0n) is 10.2. The number of fused-ring (bicyclic) bond motifs is 2. The fourth-order valence-corrected chi connectivity index (χ4v) is 6.76. The molecule has 2 fully saturated rings. The normalized spacial score (nSPS) is 35.2. The third-order valence-electron chi connectivity index (χ3n) is 4.37. The molecule has 104 valence electrons. The molecule has 7 heteroatoms. The van der Waals surface area contributed by atoms with E-state index in [1.807, 2.05) is 13.8 Å². The number of hydrogen-bond acceptors (Lipinski definition) is 3. The van der Waals surface area contributed by atoms with Crippen molar-refractivity contribution in [3.63, 3.8) is 0 Å². The molecule has 0 heterocycles. The highest BCUT2D eigenvalue weighted by Gasteiger charge is 2.62. The molecule has 0 aromatic heterocycles. The van der Waals surface area contributed by atoms with Crippen LogP contribution < -0.4 is 0 Å². The van der Waals surface area contributed by atoms with Crippen LogP contribution in [0.25, 0.3) is 0 Å². The number of rotatable bonds is 2. The van der Waals surface area contributed by atoms with Crippen molar-refractivity contribution in [3.8, 4) is 0 Å². The molecule has 2 nitrogen and oxygen atoms in total. The van der Waals surface area contributed by atoms with E-state index < -0.39 is 19.1 Å². The second kappa shape index (κ2) is 3.69. The predicted octanol–water partition coefficient (Wildman–Crippen LogP) is 3.70. The topological polar surface area (TPSA) is 34.1 Å². The monoisotopic (exact) mass is 300 g/mol. The molecule has 2 bridgehead atoms. The maximum Gasteiger partial charge on any atom is 0.507 e. The molecule has 2 aliphatic carbocycles. The third-order valence-corrected chi connectivity index (χ3v) is 8.28. The number of halogens is 3. The lowest BCUT2D eigenvalue weighted by atomic mass is 9.73. The molecule has 2 aliphatic rings. The zero-order valence-corrected chi connectivity index (χ0v) is 11.8. The van der Waals surface area contributed by atoms with E-state index in [1.165, 1.54) is 0 Å². The maximum atomic E-state index is 12.5. The van der Waals surface area contributed by atoms with Crippen LogP contribution in [0.4, 0.5) is 13.2 Å². The van der Waals surface area contributed by atoms with Crippen molar-refractivity contribution in [1.82, 2.24) is 0 Å². The minimum atomic E-state index is -5.20. The summed E-state index contributed by atoms with van der Waals surface area (Å²) in [4.78, 5) is 0. The first-order valence-corrected chi connectivity index (χ1v) is 8.46. The quantitative estimate of drug-likeness (QED) is 0.576. The summed E-state index contributed by atoms with van der Waals surface area (Å²) in [5.74, 6) is 0.237. The molecule has 2 rings (SSSR count). The van der Waals surface area contributed by atoms with Crippen molar-refractivity contribution in [2.75, 3.05) is 0 Å². The average Bonchev–Trinajstić information content (AvgIpc) is 2.65. The second-order valence-electron chi connectivity index (χ2n) is 5.62. The first-order chi connectivity index (χ1) is 7.92. The van der Waals surface area contributed by atoms with Crippen LogP contribution in [0.5, 0.6) is 0 Å². The van der Waals surface area contributed by atoms with Gasteiger partial charge in [0.1, 0.15) is 0 Å². The third kappa shape index (κ3) is 1.81. The summed E-state index contributed by atoms with van der Waals surface area (Å²) in [6, 6.07) is 0. The van der Waals surface area contributed by atoms with Crippen molar-refractivity contribution < 1.29 is 21.6 Å². The van der Waals surface area contributed by atoms with E-state index in [1.54, 1.807) is 0 Å². The standard InChI is InChI=1S/C11H15F3O2S2/c1-7-9(2,3)8-4-5-10(7,6-8)17-18(15,16)11(12,13)14/h8H,1,4-6H2,2-3H3/t8-,10-/m1/s1. The molecule has 0 N–H and O–H groups in total. The Bertz CT molecular complexity index is 493. The van der Waals surface area contributed by atoms with Crippen LogP contribution in [0.1, 0.15) is 33.1 Å². The van der Waals surface area contributed by atoms with Gasteiger partial charge in [-0.1, -0.05) is 26.0 Å². The molecule has 0 radical (unpaired) electrons. The molecule has 0 aromatic carbocycles. The molecule has 0 unspecified atom stereocenters. The van der Waals surface area contributed by atoms with Crippen molar-refractivity contribution in [2.24, 2.45) is 11.3 Å². The fourth-order valence-electron chi connectivity index (χ4n) is 3.12. The Kier molecular flexibility index (Phi) is 2.92. The van der Waals surface area contributed by atoms with E-state index in [-0.39, 0.29) is 22.1 Å². The van der Waals surface area contributed by atoms with Gasteiger partial charge in [-0.2, -0.15) is 13.2 Å². The Morgan fingerprint density at radius 2 is 1.94 bits per heavy atom. The molecule has 2 saturated carbocycles. The van der Waals surface area contributed by atoms with E-state index in [0.717, 1.165) is 6.42 Å². The minimum absolute atomic E-state index is 0.0636. The Labute approximate surface area is 108 Å². The van der Waals surface area contributed by atoms with Gasteiger partial charge in [-0.15, -0.1) is 0 Å². The fraction of sp³-hybridized carbons (Fsp3) is 0.818. The minimum Gasteiger partial charge on any atom is -0.208 e. The van der Waals surface area contributed by atoms with Gasteiger partial charge >= 0.3 is 14.4 Å². The summed E-state index contributed by atoms with van der Waals surface area (Å²) >= 11 is 0. The molecular formula is C11H15F3O2S2. The Morgan fingerprint density at radius 3 is 2.33 bits per heavy atom. The van der Waals surface area contributed by atoms with E-state index >= 15 is 0 Å². The van der Waals surface area contributed by atoms with Crippen molar-refractivity contribution in [2.45, 2.75) is 43.4 Å². The van der Waals surface area contributed by atoms with Crippen molar-refractivity contribution in [3.05, 3.63) is 12.2 Å². The molecule has 18 heavy (non-hydrogen) atoms. The first-order valence-electron chi connectivity index (χ1n) is 5.64. The van der Waals surface area contributed by atoms with E-state index in [0.29, 0.717) is 18.4 Å². The SMILES string of the molecule is C=C1C(C)(C)[C@@H]2CC[C@@]1(SS(=O)(=O)C(F)(F)F)C2. The van der Waals surface area contributed by atoms with Crippen molar-refractivity contribution >= 4 is 19.7 Å². The molecule has 0 amide bonds. The molecule has 0 aliphatic heterocycles. The Balaban J connectivity index is 2.34. The second-order valence-corrected chi connectivity index (χ2v) is 9.75. The van der Waals surface area contributed by atoms with E-state index in [2.05, 4.69) is 6.58 Å². The lowest BCUT2D eigenvalue weighted by molar-refractivity contribution is -0.0410. The van der Waals surface area contributed by atoms with Crippen LogP contribution in [0.3, 0.4) is 0 Å². The molecule has 0 saturated heterocycles. The van der Waals surface area contributed by atoms with Crippen LogP contribution in [0.15, 0.2) is 12.2 Å². The number of hydrogen-bond donors (Lipinski definition) is 0. The van der Waals surface area contributed by atoms with Gasteiger partial charge in [-0.3, -0.25) is 0 Å². The summed E-state index contributed by atoms with van der Waals surface area (Å²) in [5, 5.41) is 0. The summed E-state index contributed by atoms with van der Waals surface area (Å²) in [7, 11) is -5.09. The lowest BCUT2D eigenvalue weighted by Crippen LogP contribution is -2.33. The largest absolute Gasteiger partial charge is 0.507 e. The maximum absolute atomic E-state index is 12.5. The first kappa shape index (κ1) is 14.2. The summed E-state index contributed by atoms with van der Waals surface area (Å²) in [5.41, 5.74) is -4.83. The average molecular weight is 300 g/mol. The molecular weight excluding hydrogens is 285 g/mol. The Morgan fingerprint density at radius 1 is 1.39 bits per heavy atom. The van der Waals surface area contributed by atoms with Crippen LogP contribution in [-0.4, -0.2) is 18.7 Å². The van der Waals surface area contributed by atoms with Gasteiger partial charge in [0.2, 0.25) is 0 Å². The van der Waals surface area contributed by atoms with Crippen LogP contribution >= 0.6 is 10.8 Å². The predicted molar refractivity (Wildman–Crippen MR) is 65.6 cm³/mol. The van der Waals surface area contributed by atoms with Crippen molar-refractivity contribution in [1.29, 1.82) is 0 Å². The summed E-state index contributed by atoms with van der Waals surface area (Å²) in [6.45, 7) is 7.74. The van der Waals surface area contributed by atoms with Gasteiger partial charge in [-0.05, 0) is 41.4 Å². The zero-order chi connectivity index (χ0) is 14.0. The number of alkyl halides is 3. The van der Waals surface area contributed by atoms with Crippen LogP contribution in [0.2, 0.25) is 0 Å². The van der Waals surface area contributed by atoms with Gasteiger partial charge in [-0.25, -0.2) is 8.42 Å². The molecule has 0 aromatic rings. The van der Waals surface area contributed by atoms with E-state index in [9.17, 15) is 21.6 Å². The molecule has 2 atom stereocenters. The Hall–Kier alpha value is -0.170. The smallest absolute Gasteiger partial charge is 0.208 e. The summed E-state index contributed by atoms with van der Waals surface area (Å²) in [6.07, 6.45) is 1.73. The van der Waals surface area contributed by atoms with Gasteiger partial charge in [0, 0.05) is 0 Å². The highest BCUT2D eigenvalue weighted by Crippen LogP contribution is 2.67. The lowest BCUT2D eigenvalue weighted by Gasteiger charge is -2.37. The summed E-state index contributed by atoms with van der Waals surface area (Å²) < 4.78 is 59.2. The van der Waals surface area contributed by atoms with Crippen LogP contribution in [-0.2, 0) is 8.87 Å². The van der Waals surface area contributed by atoms with Gasteiger partial charge in [0.25, 0.3) is 0 Å². The van der Waals surface area contributed by atoms with Gasteiger partial charge in [0.15, 0.2) is 0 Å². The van der Waals surface area contributed by atoms with Gasteiger partial charge < -0.3 is 0 Å². The highest BCUT2D eigenvalue weighted by molar-refractivity contribution is 8.72. The molecule has 0 spiro atoms. The van der Waals surface area contributed by atoms with E-state index in [4.69, 9.17) is 0 Å². The highest BCUT2D eigenvalue weighted by atomic mass is 33.1. The van der Waals surface area contributed by atoms with Gasteiger partial charge in [0.05, 0.1) is 4.75 Å².